The smallest absolute Gasteiger partial charge is 0.270 e. The summed E-state index contributed by atoms with van der Waals surface area (Å²) in [5.41, 5.74) is 4.99. The highest BCUT2D eigenvalue weighted by molar-refractivity contribution is 6.03. The van der Waals surface area contributed by atoms with Crippen molar-refractivity contribution < 1.29 is 24.2 Å². The first-order chi connectivity index (χ1) is 16.0. The summed E-state index contributed by atoms with van der Waals surface area (Å²) in [6.45, 7) is 10.2. The molecule has 1 aliphatic rings. The Bertz CT molecular complexity index is 947. The molecule has 0 aliphatic carbocycles. The highest BCUT2D eigenvalue weighted by Gasteiger charge is 2.34. The Balaban J connectivity index is 2.08. The van der Waals surface area contributed by atoms with Crippen molar-refractivity contribution >= 4 is 17.6 Å². The third kappa shape index (κ3) is 8.90. The molecule has 0 bridgehead atoms. The number of ether oxygens (including phenoxy) is 2. The fourth-order valence-corrected chi connectivity index (χ4v) is 3.28. The second-order valence-corrected chi connectivity index (χ2v) is 9.13. The van der Waals surface area contributed by atoms with Gasteiger partial charge in [0.1, 0.15) is 29.1 Å². The van der Waals surface area contributed by atoms with Crippen LogP contribution in [0, 0.1) is 5.92 Å². The van der Waals surface area contributed by atoms with E-state index < -0.39 is 17.6 Å². The lowest BCUT2D eigenvalue weighted by atomic mass is 10.0. The van der Waals surface area contributed by atoms with Crippen molar-refractivity contribution in [1.29, 1.82) is 0 Å². The van der Waals surface area contributed by atoms with E-state index in [2.05, 4.69) is 10.3 Å². The van der Waals surface area contributed by atoms with Gasteiger partial charge in [0.2, 0.25) is 0 Å². The van der Waals surface area contributed by atoms with Gasteiger partial charge in [0.15, 0.2) is 0 Å². The van der Waals surface area contributed by atoms with Gasteiger partial charge < -0.3 is 30.5 Å². The number of carbonyl (C=O) groups is 2. The van der Waals surface area contributed by atoms with Gasteiger partial charge in [0.05, 0.1) is 18.8 Å². The summed E-state index contributed by atoms with van der Waals surface area (Å²) in [5.74, 6) is 0.994. The second kappa shape index (κ2) is 12.2. The first-order valence-corrected chi connectivity index (χ1v) is 11.4. The van der Waals surface area contributed by atoms with Crippen LogP contribution in [0.1, 0.15) is 41.0 Å². The molecule has 2 amide bonds. The Kier molecular flexibility index (Phi) is 9.68. The maximum Gasteiger partial charge on any atom is 0.270 e. The minimum Gasteiger partial charge on any atom is -0.494 e. The number of nitrogens with one attached hydrogen (secondary N) is 1. The van der Waals surface area contributed by atoms with E-state index in [4.69, 9.17) is 15.2 Å². The molecule has 186 valence electrons. The summed E-state index contributed by atoms with van der Waals surface area (Å²) in [7, 11) is 0. The van der Waals surface area contributed by atoms with Gasteiger partial charge in [0.25, 0.3) is 11.8 Å². The maximum absolute atomic E-state index is 13.0. The molecule has 9 nitrogen and oxygen atoms in total. The third-order valence-corrected chi connectivity index (χ3v) is 4.76. The van der Waals surface area contributed by atoms with Gasteiger partial charge in [0, 0.05) is 24.9 Å². The van der Waals surface area contributed by atoms with Crippen LogP contribution in [0.3, 0.4) is 0 Å². The van der Waals surface area contributed by atoms with Crippen LogP contribution in [0.25, 0.3) is 0 Å². The van der Waals surface area contributed by atoms with Crippen LogP contribution in [0.2, 0.25) is 0 Å². The predicted molar refractivity (Wildman–Crippen MR) is 131 cm³/mol. The van der Waals surface area contributed by atoms with E-state index in [9.17, 15) is 14.7 Å². The summed E-state index contributed by atoms with van der Waals surface area (Å²) < 4.78 is 11.4. The highest BCUT2D eigenvalue weighted by Crippen LogP contribution is 2.25. The summed E-state index contributed by atoms with van der Waals surface area (Å²) >= 11 is 0. The van der Waals surface area contributed by atoms with Crippen molar-refractivity contribution in [1.82, 2.24) is 10.2 Å². The quantitative estimate of drug-likeness (QED) is 0.315. The number of benzene rings is 1. The van der Waals surface area contributed by atoms with Gasteiger partial charge >= 0.3 is 0 Å². The number of rotatable bonds is 12. The first kappa shape index (κ1) is 26.9. The van der Waals surface area contributed by atoms with Crippen LogP contribution in [0.4, 0.5) is 0 Å². The van der Waals surface area contributed by atoms with E-state index in [-0.39, 0.29) is 24.2 Å². The second-order valence-electron chi connectivity index (χ2n) is 9.13. The zero-order valence-electron chi connectivity index (χ0n) is 20.6. The number of amides is 2. The number of nitrogens with two attached hydrogens (primary N) is 1. The van der Waals surface area contributed by atoms with Crippen LogP contribution >= 0.6 is 0 Å². The fraction of sp³-hybridized carbons (Fsp3) is 0.480. The lowest BCUT2D eigenvalue weighted by Gasteiger charge is -2.26. The Labute approximate surface area is 201 Å². The van der Waals surface area contributed by atoms with E-state index >= 15 is 0 Å². The van der Waals surface area contributed by atoms with Crippen LogP contribution in [-0.2, 0) is 9.59 Å². The Morgan fingerprint density at radius 3 is 2.71 bits per heavy atom. The molecule has 1 atom stereocenters. The summed E-state index contributed by atoms with van der Waals surface area (Å²) in [5, 5.41) is 12.6. The van der Waals surface area contributed by atoms with E-state index in [1.165, 1.54) is 23.3 Å². The van der Waals surface area contributed by atoms with Crippen molar-refractivity contribution in [3.05, 3.63) is 48.4 Å². The van der Waals surface area contributed by atoms with E-state index in [1.807, 2.05) is 32.9 Å². The monoisotopic (exact) mass is 472 g/mol. The molecule has 0 aromatic heterocycles. The molecule has 2 rings (SSSR count). The average molecular weight is 473 g/mol. The normalized spacial score (nSPS) is 15.6. The standard InChI is InChI=1S/C25H36N4O5/c1-6-33-18-8-7-9-19(13-18)34-20-14-23(30)29(15-20)21(12-17(2)3)24(31)28-22(26)10-11-27-16-25(4,5)32/h7-11,13-14,17,21,27,32H,6,12,15-16H2,1-5H3,(H2,26,28,31)/b11-10-. The number of hydrogen-bond donors (Lipinski definition) is 3. The Hall–Kier alpha value is -3.33. The lowest BCUT2D eigenvalue weighted by Crippen LogP contribution is -2.43. The first-order valence-electron chi connectivity index (χ1n) is 11.4. The predicted octanol–water partition coefficient (Wildman–Crippen LogP) is 2.36. The molecule has 1 aromatic carbocycles. The molecular formula is C25H36N4O5. The van der Waals surface area contributed by atoms with Gasteiger partial charge in [-0.2, -0.15) is 4.99 Å². The van der Waals surface area contributed by atoms with E-state index in [1.54, 1.807) is 26.0 Å². The molecule has 4 N–H and O–H groups in total. The van der Waals surface area contributed by atoms with Crippen molar-refractivity contribution in [3.63, 3.8) is 0 Å². The van der Waals surface area contributed by atoms with Crippen molar-refractivity contribution in [2.24, 2.45) is 16.6 Å². The summed E-state index contributed by atoms with van der Waals surface area (Å²) in [6, 6.07) is 6.39. The Morgan fingerprint density at radius 2 is 2.06 bits per heavy atom. The van der Waals surface area contributed by atoms with Crippen molar-refractivity contribution in [2.75, 3.05) is 19.7 Å². The molecule has 34 heavy (non-hydrogen) atoms. The van der Waals surface area contributed by atoms with E-state index in [0.717, 1.165) is 0 Å². The average Bonchev–Trinajstić information content (AvgIpc) is 3.08. The SMILES string of the molecule is CCOc1cccc(OC2=CC(=O)N(C(CC(C)C)C(=O)N=C(N)/C=C\NCC(C)(C)O)C2)c1. The number of aliphatic imine (C=N–C) groups is 1. The lowest BCUT2D eigenvalue weighted by molar-refractivity contribution is -0.134. The number of carbonyl (C=O) groups excluding carboxylic acids is 2. The van der Waals surface area contributed by atoms with Crippen LogP contribution < -0.4 is 20.5 Å². The minimum atomic E-state index is -0.887. The topological polar surface area (TPSA) is 126 Å². The Morgan fingerprint density at radius 1 is 1.35 bits per heavy atom. The molecule has 0 radical (unpaired) electrons. The molecule has 1 heterocycles. The molecule has 0 fully saturated rings. The zero-order chi connectivity index (χ0) is 25.3. The molecule has 0 saturated heterocycles. The van der Waals surface area contributed by atoms with E-state index in [0.29, 0.717) is 36.8 Å². The van der Waals surface area contributed by atoms with Gasteiger partial charge in [-0.15, -0.1) is 0 Å². The van der Waals surface area contributed by atoms with Crippen molar-refractivity contribution in [2.45, 2.75) is 52.7 Å². The van der Waals surface area contributed by atoms with Crippen molar-refractivity contribution in [3.8, 4) is 11.5 Å². The molecule has 0 saturated carbocycles. The van der Waals surface area contributed by atoms with Gasteiger partial charge in [-0.25, -0.2) is 0 Å². The van der Waals surface area contributed by atoms with Gasteiger partial charge in [-0.3, -0.25) is 9.59 Å². The number of amidine groups is 1. The summed E-state index contributed by atoms with van der Waals surface area (Å²) in [6.07, 6.45) is 4.79. The molecular weight excluding hydrogens is 436 g/mol. The fourth-order valence-electron chi connectivity index (χ4n) is 3.28. The van der Waals surface area contributed by atoms with Gasteiger partial charge in [-0.05, 0) is 51.3 Å². The van der Waals surface area contributed by atoms with Crippen LogP contribution in [0.5, 0.6) is 11.5 Å². The highest BCUT2D eigenvalue weighted by atomic mass is 16.5. The van der Waals surface area contributed by atoms with Crippen LogP contribution in [0.15, 0.2) is 53.4 Å². The molecule has 1 aromatic rings. The van der Waals surface area contributed by atoms with Crippen LogP contribution in [-0.4, -0.2) is 59.0 Å². The number of hydrogen-bond acceptors (Lipinski definition) is 6. The molecule has 1 aliphatic heterocycles. The third-order valence-electron chi connectivity index (χ3n) is 4.76. The minimum absolute atomic E-state index is 0.00539. The molecule has 0 spiro atoms. The maximum atomic E-state index is 13.0. The number of nitrogens with zero attached hydrogens (tertiary/aromatic N) is 2. The molecule has 1 unspecified atom stereocenters. The van der Waals surface area contributed by atoms with Gasteiger partial charge in [-0.1, -0.05) is 19.9 Å². The molecule has 9 heteroatoms. The number of aliphatic hydroxyl groups is 1. The summed E-state index contributed by atoms with van der Waals surface area (Å²) in [4.78, 5) is 31.1. The zero-order valence-corrected chi connectivity index (χ0v) is 20.6. The largest absolute Gasteiger partial charge is 0.494 e.